The highest BCUT2D eigenvalue weighted by Crippen LogP contribution is 2.38. The number of nitrogens with zero attached hydrogens (tertiary/aromatic N) is 5. The van der Waals surface area contributed by atoms with Gasteiger partial charge >= 0.3 is 16.4 Å². The van der Waals surface area contributed by atoms with E-state index in [9.17, 15) is 12.8 Å². The van der Waals surface area contributed by atoms with E-state index in [1.165, 1.54) is 6.26 Å². The minimum Gasteiger partial charge on any atom is -0.462 e. The quantitative estimate of drug-likeness (QED) is 0.233. The van der Waals surface area contributed by atoms with Gasteiger partial charge in [-0.1, -0.05) is 18.2 Å². The average Bonchev–Trinajstić information content (AvgIpc) is 3.46. The van der Waals surface area contributed by atoms with Gasteiger partial charge in [0.25, 0.3) is 0 Å². The van der Waals surface area contributed by atoms with Crippen LogP contribution in [-0.2, 0) is 30.5 Å². The smallest absolute Gasteiger partial charge is 0.333 e. The van der Waals surface area contributed by atoms with Gasteiger partial charge in [-0.25, -0.2) is 10.1 Å². The molecule has 1 aliphatic rings. The molecule has 3 heterocycles. The monoisotopic (exact) mass is 647 g/mol. The summed E-state index contributed by atoms with van der Waals surface area (Å²) in [4.78, 5) is 14.4. The molecule has 0 fully saturated rings. The molecule has 4 N–H and O–H groups in total. The predicted molar refractivity (Wildman–Crippen MR) is 142 cm³/mol. The number of ether oxygens (including phenoxy) is 2. The number of imidazole rings is 1. The summed E-state index contributed by atoms with van der Waals surface area (Å²) in [6.45, 7) is 4.94. The van der Waals surface area contributed by atoms with Crippen molar-refractivity contribution in [3.05, 3.63) is 57.3 Å². The zero-order valence-electron chi connectivity index (χ0n) is 20.2. The van der Waals surface area contributed by atoms with E-state index in [0.29, 0.717) is 31.2 Å². The second kappa shape index (κ2) is 11.4. The largest absolute Gasteiger partial charge is 0.462 e. The van der Waals surface area contributed by atoms with Crippen LogP contribution in [0.4, 0.5) is 10.2 Å². The van der Waals surface area contributed by atoms with E-state index < -0.39 is 22.3 Å². The maximum absolute atomic E-state index is 14.3. The number of anilines is 1. The Morgan fingerprint density at radius 3 is 2.65 bits per heavy atom. The number of hydrogen-bond donors (Lipinski definition) is 2. The van der Waals surface area contributed by atoms with Crippen LogP contribution >= 0.6 is 22.6 Å². The van der Waals surface area contributed by atoms with Crippen LogP contribution in [0.5, 0.6) is 0 Å². The van der Waals surface area contributed by atoms with Crippen molar-refractivity contribution < 1.29 is 26.5 Å². The zero-order valence-corrected chi connectivity index (χ0v) is 23.1. The highest BCUT2D eigenvalue weighted by molar-refractivity contribution is 14.1. The third kappa shape index (κ3) is 6.46. The SMILES string of the molecule is CC(C)N(CCOS(N)(=O)=O)CCn1c(C(C2=COCO2)c2ccccc2I)nc2c(N)nc(F)nc21. The van der Waals surface area contributed by atoms with Crippen molar-refractivity contribution in [2.24, 2.45) is 5.14 Å². The van der Waals surface area contributed by atoms with Gasteiger partial charge in [-0.3, -0.25) is 9.08 Å². The van der Waals surface area contributed by atoms with Crippen LogP contribution in [0.2, 0.25) is 0 Å². The number of rotatable bonds is 11. The molecule has 37 heavy (non-hydrogen) atoms. The van der Waals surface area contributed by atoms with Gasteiger partial charge in [0.15, 0.2) is 17.0 Å². The Morgan fingerprint density at radius 2 is 2.00 bits per heavy atom. The van der Waals surface area contributed by atoms with Crippen molar-refractivity contribution in [3.8, 4) is 0 Å². The summed E-state index contributed by atoms with van der Waals surface area (Å²) >= 11 is 2.24. The summed E-state index contributed by atoms with van der Waals surface area (Å²) in [5.41, 5.74) is 7.45. The lowest BCUT2D eigenvalue weighted by Gasteiger charge is -2.27. The molecule has 0 spiro atoms. The topological polar surface area (TPSA) is 161 Å². The van der Waals surface area contributed by atoms with Gasteiger partial charge in [-0.05, 0) is 48.1 Å². The van der Waals surface area contributed by atoms with Crippen molar-refractivity contribution in [1.29, 1.82) is 0 Å². The van der Waals surface area contributed by atoms with E-state index in [2.05, 4.69) is 32.6 Å². The van der Waals surface area contributed by atoms with E-state index in [-0.39, 0.29) is 36.4 Å². The minimum atomic E-state index is -4.05. The fourth-order valence-electron chi connectivity index (χ4n) is 4.11. The number of allylic oxidation sites excluding steroid dienone is 1. The second-order valence-corrected chi connectivity index (χ2v) is 10.9. The predicted octanol–water partition coefficient (Wildman–Crippen LogP) is 2.06. The number of halogens is 2. The molecule has 0 bridgehead atoms. The van der Waals surface area contributed by atoms with Crippen LogP contribution in [0.25, 0.3) is 11.2 Å². The Morgan fingerprint density at radius 1 is 1.24 bits per heavy atom. The summed E-state index contributed by atoms with van der Waals surface area (Å²) in [5, 5.41) is 4.95. The minimum absolute atomic E-state index is 0.0406. The fraction of sp³-hybridized carbons (Fsp3) is 0.409. The van der Waals surface area contributed by atoms with Gasteiger partial charge in [-0.2, -0.15) is 22.8 Å². The van der Waals surface area contributed by atoms with Crippen molar-refractivity contribution >= 4 is 49.9 Å². The van der Waals surface area contributed by atoms with Gasteiger partial charge in [0.05, 0.1) is 6.61 Å². The molecule has 12 nitrogen and oxygen atoms in total. The van der Waals surface area contributed by atoms with E-state index in [4.69, 9.17) is 29.5 Å². The number of aromatic nitrogens is 4. The molecule has 0 amide bonds. The average molecular weight is 647 g/mol. The first kappa shape index (κ1) is 27.4. The molecular formula is C22H27FIN7O5S. The van der Waals surface area contributed by atoms with Crippen LogP contribution < -0.4 is 10.9 Å². The van der Waals surface area contributed by atoms with E-state index >= 15 is 0 Å². The molecule has 4 rings (SSSR count). The van der Waals surface area contributed by atoms with Crippen LogP contribution in [0, 0.1) is 9.65 Å². The lowest BCUT2D eigenvalue weighted by Crippen LogP contribution is -2.37. The zero-order chi connectivity index (χ0) is 26.7. The molecule has 0 saturated heterocycles. The van der Waals surface area contributed by atoms with Crippen LogP contribution in [0.1, 0.15) is 31.2 Å². The summed E-state index contributed by atoms with van der Waals surface area (Å²) in [5.74, 6) is 0.483. The first-order valence-corrected chi connectivity index (χ1v) is 13.9. The molecule has 200 valence electrons. The molecule has 1 atom stereocenters. The number of fused-ring (bicyclic) bond motifs is 1. The Labute approximate surface area is 227 Å². The molecule has 0 saturated carbocycles. The number of benzene rings is 1. The first-order valence-electron chi connectivity index (χ1n) is 11.3. The molecule has 0 radical (unpaired) electrons. The molecule has 2 aromatic heterocycles. The number of hydrogen-bond acceptors (Lipinski definition) is 10. The second-order valence-electron chi connectivity index (χ2n) is 8.52. The van der Waals surface area contributed by atoms with E-state index in [1.807, 2.05) is 43.0 Å². The summed E-state index contributed by atoms with van der Waals surface area (Å²) in [7, 11) is -4.05. The Hall–Kier alpha value is -2.60. The van der Waals surface area contributed by atoms with Gasteiger partial charge < -0.3 is 19.8 Å². The molecule has 1 aliphatic heterocycles. The third-order valence-electron chi connectivity index (χ3n) is 5.84. The normalized spacial score (nSPS) is 14.7. The molecule has 3 aromatic rings. The third-order valence-corrected chi connectivity index (χ3v) is 7.32. The highest BCUT2D eigenvalue weighted by atomic mass is 127. The number of nitrogens with two attached hydrogens (primary N) is 2. The van der Waals surface area contributed by atoms with Crippen LogP contribution in [-0.4, -0.2) is 65.4 Å². The Balaban J connectivity index is 1.77. The molecular weight excluding hydrogens is 620 g/mol. The number of nitrogen functional groups attached to an aromatic ring is 1. The van der Waals surface area contributed by atoms with Crippen molar-refractivity contribution in [2.45, 2.75) is 32.4 Å². The van der Waals surface area contributed by atoms with Gasteiger partial charge in [0.2, 0.25) is 6.79 Å². The summed E-state index contributed by atoms with van der Waals surface area (Å²) < 4.78 is 55.2. The standard InChI is InChI=1S/C22H27FIN7O5S/c1-13(2)30(9-10-36-37(26,32)33)7-8-31-20(27-18-19(25)28-22(23)29-21(18)31)17(16-11-34-12-35-16)14-5-3-4-6-15(14)24/h3-6,11,13,17H,7-10,12H2,1-2H3,(H2,25,28,29)(H2,26,32,33). The lowest BCUT2D eigenvalue weighted by atomic mass is 9.96. The van der Waals surface area contributed by atoms with E-state index in [0.717, 1.165) is 9.13 Å². The van der Waals surface area contributed by atoms with E-state index in [1.54, 1.807) is 4.57 Å². The summed E-state index contributed by atoms with van der Waals surface area (Å²) in [6, 6.07) is 7.80. The maximum atomic E-state index is 14.3. The van der Waals surface area contributed by atoms with Gasteiger partial charge in [0, 0.05) is 29.2 Å². The highest BCUT2D eigenvalue weighted by Gasteiger charge is 2.32. The molecule has 15 heteroatoms. The Bertz CT molecular complexity index is 1420. The van der Waals surface area contributed by atoms with Gasteiger partial charge in [0.1, 0.15) is 23.8 Å². The van der Waals surface area contributed by atoms with Crippen LogP contribution in [0.3, 0.4) is 0 Å². The fourth-order valence-corrected chi connectivity index (χ4v) is 5.12. The molecule has 1 unspecified atom stereocenters. The van der Waals surface area contributed by atoms with Crippen molar-refractivity contribution in [3.63, 3.8) is 0 Å². The van der Waals surface area contributed by atoms with Gasteiger partial charge in [-0.15, -0.1) is 0 Å². The lowest BCUT2D eigenvalue weighted by molar-refractivity contribution is 0.0764. The van der Waals surface area contributed by atoms with Crippen LogP contribution in [0.15, 0.2) is 36.3 Å². The van der Waals surface area contributed by atoms with Crippen molar-refractivity contribution in [1.82, 2.24) is 24.4 Å². The molecule has 1 aromatic carbocycles. The first-order chi connectivity index (χ1) is 17.5. The summed E-state index contributed by atoms with van der Waals surface area (Å²) in [6.07, 6.45) is 0.573. The maximum Gasteiger partial charge on any atom is 0.333 e. The molecule has 0 aliphatic carbocycles. The Kier molecular flexibility index (Phi) is 8.47. The van der Waals surface area contributed by atoms with Crippen molar-refractivity contribution in [2.75, 3.05) is 32.2 Å².